The second kappa shape index (κ2) is 6.24. The van der Waals surface area contributed by atoms with Crippen molar-refractivity contribution in [2.75, 3.05) is 0 Å². The van der Waals surface area contributed by atoms with Crippen LogP contribution < -0.4 is 0 Å². The quantitative estimate of drug-likeness (QED) is 0.758. The van der Waals surface area contributed by atoms with Crippen molar-refractivity contribution in [3.63, 3.8) is 0 Å². The number of hydrogen-bond donors (Lipinski definition) is 1. The molecule has 0 heterocycles. The van der Waals surface area contributed by atoms with Crippen LogP contribution >= 0.6 is 43.6 Å². The third kappa shape index (κ3) is 3.60. The zero-order valence-electron chi connectivity index (χ0n) is 9.73. The van der Waals surface area contributed by atoms with Gasteiger partial charge in [0.05, 0.1) is 6.10 Å². The van der Waals surface area contributed by atoms with Gasteiger partial charge in [0.2, 0.25) is 0 Å². The van der Waals surface area contributed by atoms with E-state index in [0.717, 1.165) is 19.4 Å². The molecule has 0 bridgehead atoms. The van der Waals surface area contributed by atoms with Gasteiger partial charge in [0.15, 0.2) is 0 Å². The van der Waals surface area contributed by atoms with Gasteiger partial charge in [-0.1, -0.05) is 55.8 Å². The van der Waals surface area contributed by atoms with E-state index in [1.54, 1.807) is 18.7 Å². The van der Waals surface area contributed by atoms with Crippen molar-refractivity contribution >= 4 is 43.6 Å². The molecule has 4 heteroatoms. The Hall–Kier alpha value is -0.290. The van der Waals surface area contributed by atoms with E-state index in [1.165, 1.54) is 4.90 Å². The first-order chi connectivity index (χ1) is 8.56. The zero-order chi connectivity index (χ0) is 13.1. The highest BCUT2D eigenvalue weighted by atomic mass is 79.9. The predicted octanol–water partition coefficient (Wildman–Crippen LogP) is 5.42. The number of halogens is 2. The summed E-state index contributed by atoms with van der Waals surface area (Å²) in [7, 11) is 0. The smallest absolute Gasteiger partial charge is 0.0772 e. The van der Waals surface area contributed by atoms with Crippen LogP contribution in [0.5, 0.6) is 0 Å². The van der Waals surface area contributed by atoms with Gasteiger partial charge in [-0.05, 0) is 42.8 Å². The summed E-state index contributed by atoms with van der Waals surface area (Å²) < 4.78 is 2.02. The first-order valence-corrected chi connectivity index (χ1v) is 7.87. The lowest BCUT2D eigenvalue weighted by Crippen LogP contribution is -1.92. The van der Waals surface area contributed by atoms with Crippen LogP contribution in [0.1, 0.15) is 18.6 Å². The fourth-order valence-electron chi connectivity index (χ4n) is 1.58. The van der Waals surface area contributed by atoms with Gasteiger partial charge in [-0.3, -0.25) is 0 Å². The van der Waals surface area contributed by atoms with Crippen LogP contribution in [-0.2, 0) is 0 Å². The van der Waals surface area contributed by atoms with Crippen molar-refractivity contribution in [2.24, 2.45) is 0 Å². The summed E-state index contributed by atoms with van der Waals surface area (Å²) in [6.07, 6.45) is -0.454. The van der Waals surface area contributed by atoms with Crippen molar-refractivity contribution < 1.29 is 5.11 Å². The molecule has 0 radical (unpaired) electrons. The first kappa shape index (κ1) is 14.1. The van der Waals surface area contributed by atoms with Crippen molar-refractivity contribution in [2.45, 2.75) is 22.8 Å². The largest absolute Gasteiger partial charge is 0.389 e. The molecule has 18 heavy (non-hydrogen) atoms. The van der Waals surface area contributed by atoms with Crippen LogP contribution in [0.4, 0.5) is 0 Å². The molecule has 1 N–H and O–H groups in total. The number of aliphatic hydroxyl groups is 1. The Morgan fingerprint density at radius 1 is 1.06 bits per heavy atom. The number of hydrogen-bond acceptors (Lipinski definition) is 2. The maximum absolute atomic E-state index is 9.58. The second-order valence-corrected chi connectivity index (χ2v) is 6.84. The lowest BCUT2D eigenvalue weighted by Gasteiger charge is -2.09. The summed E-state index contributed by atoms with van der Waals surface area (Å²) >= 11 is 8.65. The average molecular weight is 388 g/mol. The van der Waals surface area contributed by atoms with Crippen LogP contribution in [0, 0.1) is 0 Å². The second-order valence-electron chi connectivity index (χ2n) is 3.92. The molecule has 0 saturated carbocycles. The highest BCUT2D eigenvalue weighted by Gasteiger charge is 2.07. The van der Waals surface area contributed by atoms with Gasteiger partial charge in [-0.2, -0.15) is 0 Å². The molecule has 0 unspecified atom stereocenters. The monoisotopic (exact) mass is 386 g/mol. The topological polar surface area (TPSA) is 20.2 Å². The first-order valence-electron chi connectivity index (χ1n) is 5.47. The molecule has 0 aliphatic carbocycles. The van der Waals surface area contributed by atoms with E-state index in [2.05, 4.69) is 44.0 Å². The van der Waals surface area contributed by atoms with E-state index in [4.69, 9.17) is 0 Å². The van der Waals surface area contributed by atoms with E-state index in [9.17, 15) is 5.11 Å². The number of aliphatic hydroxyl groups excluding tert-OH is 1. The van der Waals surface area contributed by atoms with Crippen molar-refractivity contribution in [3.8, 4) is 0 Å². The zero-order valence-corrected chi connectivity index (χ0v) is 13.7. The third-order valence-corrected chi connectivity index (χ3v) is 4.61. The van der Waals surface area contributed by atoms with E-state index in [1.807, 2.05) is 30.3 Å². The Morgan fingerprint density at radius 2 is 1.78 bits per heavy atom. The molecule has 94 valence electrons. The molecular weight excluding hydrogens is 376 g/mol. The molecule has 0 aliphatic heterocycles. The van der Waals surface area contributed by atoms with Crippen molar-refractivity contribution in [3.05, 3.63) is 57.0 Å². The normalized spacial score (nSPS) is 12.4. The SMILES string of the molecule is C[C@H](O)c1ccc(Sc2cccc(Br)c2)cc1Br. The molecule has 2 aromatic carbocycles. The van der Waals surface area contributed by atoms with Gasteiger partial charge in [-0.15, -0.1) is 0 Å². The molecule has 0 amide bonds. The predicted molar refractivity (Wildman–Crippen MR) is 83.0 cm³/mol. The summed E-state index contributed by atoms with van der Waals surface area (Å²) in [5, 5.41) is 9.58. The summed E-state index contributed by atoms with van der Waals surface area (Å²) in [5.41, 5.74) is 0.911. The van der Waals surface area contributed by atoms with Gasteiger partial charge in [0.25, 0.3) is 0 Å². The van der Waals surface area contributed by atoms with E-state index < -0.39 is 6.10 Å². The minimum Gasteiger partial charge on any atom is -0.389 e. The van der Waals surface area contributed by atoms with Crippen molar-refractivity contribution in [1.82, 2.24) is 0 Å². The van der Waals surface area contributed by atoms with Crippen molar-refractivity contribution in [1.29, 1.82) is 0 Å². The van der Waals surface area contributed by atoms with Crippen LogP contribution in [0.2, 0.25) is 0 Å². The Morgan fingerprint density at radius 3 is 2.39 bits per heavy atom. The maximum Gasteiger partial charge on any atom is 0.0772 e. The van der Waals surface area contributed by atoms with Crippen LogP contribution in [-0.4, -0.2) is 5.11 Å². The van der Waals surface area contributed by atoms with Gasteiger partial charge in [0.1, 0.15) is 0 Å². The summed E-state index contributed by atoms with van der Waals surface area (Å²) in [4.78, 5) is 2.32. The highest BCUT2D eigenvalue weighted by molar-refractivity contribution is 9.10. The molecule has 0 saturated heterocycles. The molecule has 2 aromatic rings. The molecule has 2 rings (SSSR count). The lowest BCUT2D eigenvalue weighted by atomic mass is 10.1. The van der Waals surface area contributed by atoms with E-state index in [0.29, 0.717) is 0 Å². The van der Waals surface area contributed by atoms with Crippen LogP contribution in [0.25, 0.3) is 0 Å². The van der Waals surface area contributed by atoms with E-state index in [-0.39, 0.29) is 0 Å². The Labute approximate surface area is 128 Å². The van der Waals surface area contributed by atoms with Gasteiger partial charge >= 0.3 is 0 Å². The fourth-order valence-corrected chi connectivity index (χ4v) is 3.91. The molecule has 0 spiro atoms. The number of benzene rings is 2. The van der Waals surface area contributed by atoms with Gasteiger partial charge in [0, 0.05) is 18.7 Å². The van der Waals surface area contributed by atoms with Crippen LogP contribution in [0.15, 0.2) is 61.2 Å². The van der Waals surface area contributed by atoms with Gasteiger partial charge < -0.3 is 5.11 Å². The molecule has 0 aromatic heterocycles. The minimum atomic E-state index is -0.454. The molecule has 0 aliphatic rings. The molecule has 1 atom stereocenters. The molecular formula is C14H12Br2OS. The Kier molecular flexibility index (Phi) is 4.90. The summed E-state index contributed by atoms with van der Waals surface area (Å²) in [5.74, 6) is 0. The Bertz CT molecular complexity index is 555. The molecule has 1 nitrogen and oxygen atoms in total. The standard InChI is InChI=1S/C14H12Br2OS/c1-9(17)13-6-5-12(8-14(13)16)18-11-4-2-3-10(15)7-11/h2-9,17H,1H3/t9-/m0/s1. The average Bonchev–Trinajstić information content (AvgIpc) is 2.28. The molecule has 0 fully saturated rings. The minimum absolute atomic E-state index is 0.454. The summed E-state index contributed by atoms with van der Waals surface area (Å²) in [6, 6.07) is 14.2. The lowest BCUT2D eigenvalue weighted by molar-refractivity contribution is 0.198. The number of rotatable bonds is 3. The van der Waals surface area contributed by atoms with Gasteiger partial charge in [-0.25, -0.2) is 0 Å². The maximum atomic E-state index is 9.58. The fraction of sp³-hybridized carbons (Fsp3) is 0.143. The Balaban J connectivity index is 2.23. The highest BCUT2D eigenvalue weighted by Crippen LogP contribution is 2.33. The third-order valence-electron chi connectivity index (χ3n) is 2.45. The van der Waals surface area contributed by atoms with E-state index >= 15 is 0 Å². The van der Waals surface area contributed by atoms with Crippen LogP contribution in [0.3, 0.4) is 0 Å². The summed E-state index contributed by atoms with van der Waals surface area (Å²) in [6.45, 7) is 1.77.